The minimum absolute atomic E-state index is 0.0332. The number of carbonyl (C=O) groups excluding carboxylic acids is 1. The molecular weight excluding hydrogens is 275 g/mol. The van der Waals surface area contributed by atoms with Crippen LogP contribution < -0.4 is 0 Å². The Bertz CT molecular complexity index is 609. The van der Waals surface area contributed by atoms with E-state index in [2.05, 4.69) is 19.7 Å². The smallest absolute Gasteiger partial charge is 0.434 e. The number of nitrogens with zero attached hydrogens (tertiary/aromatic N) is 2. The minimum Gasteiger partial charge on any atom is -0.462 e. The molecule has 0 spiro atoms. The molecule has 2 aromatic rings. The molecule has 0 saturated heterocycles. The number of ether oxygens (including phenoxy) is 1. The van der Waals surface area contributed by atoms with Crippen molar-refractivity contribution in [3.63, 3.8) is 0 Å². The van der Waals surface area contributed by atoms with Gasteiger partial charge in [0.2, 0.25) is 0 Å². The Labute approximate surface area is 111 Å². The Balaban J connectivity index is 2.52. The van der Waals surface area contributed by atoms with Gasteiger partial charge in [-0.15, -0.1) is 0 Å². The normalized spacial score (nSPS) is 11.4. The first kappa shape index (κ1) is 14.0. The van der Waals surface area contributed by atoms with E-state index >= 15 is 0 Å². The van der Waals surface area contributed by atoms with Gasteiger partial charge in [0.1, 0.15) is 5.56 Å². The van der Waals surface area contributed by atoms with Crippen molar-refractivity contribution in [2.75, 3.05) is 6.61 Å². The largest absolute Gasteiger partial charge is 0.462 e. The summed E-state index contributed by atoms with van der Waals surface area (Å²) in [4.78, 5) is 21.4. The predicted octanol–water partition coefficient (Wildman–Crippen LogP) is 2.67. The van der Waals surface area contributed by atoms with Crippen LogP contribution in [0.2, 0.25) is 0 Å². The molecular formula is C12H10F3N3O2. The predicted molar refractivity (Wildman–Crippen MR) is 62.8 cm³/mol. The van der Waals surface area contributed by atoms with E-state index in [1.165, 1.54) is 19.2 Å². The molecule has 0 aliphatic heterocycles. The molecule has 1 N–H and O–H groups in total. The molecule has 0 saturated carbocycles. The summed E-state index contributed by atoms with van der Waals surface area (Å²) in [5, 5.41) is 0. The van der Waals surface area contributed by atoms with Gasteiger partial charge in [-0.05, 0) is 19.1 Å². The fourth-order valence-electron chi connectivity index (χ4n) is 1.56. The van der Waals surface area contributed by atoms with Crippen molar-refractivity contribution < 1.29 is 22.7 Å². The average molecular weight is 285 g/mol. The number of esters is 1. The maximum atomic E-state index is 13.0. The second-order valence-corrected chi connectivity index (χ2v) is 3.76. The van der Waals surface area contributed by atoms with Crippen LogP contribution in [0.5, 0.6) is 0 Å². The van der Waals surface area contributed by atoms with Gasteiger partial charge >= 0.3 is 12.1 Å². The number of alkyl halides is 3. The Morgan fingerprint density at radius 3 is 2.75 bits per heavy atom. The van der Waals surface area contributed by atoms with Crippen LogP contribution in [0.15, 0.2) is 24.5 Å². The molecule has 0 atom stereocenters. The number of halogens is 3. The number of hydrogen-bond acceptors (Lipinski definition) is 4. The Hall–Kier alpha value is -2.38. The molecule has 0 fully saturated rings. The molecule has 0 bridgehead atoms. The zero-order chi connectivity index (χ0) is 14.8. The van der Waals surface area contributed by atoms with Gasteiger partial charge in [0.25, 0.3) is 0 Å². The summed E-state index contributed by atoms with van der Waals surface area (Å²) in [6.45, 7) is 1.47. The summed E-state index contributed by atoms with van der Waals surface area (Å²) < 4.78 is 43.5. The van der Waals surface area contributed by atoms with E-state index in [9.17, 15) is 18.0 Å². The summed E-state index contributed by atoms with van der Waals surface area (Å²) in [7, 11) is 0. The first-order valence-electron chi connectivity index (χ1n) is 5.68. The lowest BCUT2D eigenvalue weighted by Gasteiger charge is -2.11. The number of aromatic nitrogens is 3. The van der Waals surface area contributed by atoms with Crippen LogP contribution >= 0.6 is 0 Å². The highest BCUT2D eigenvalue weighted by Crippen LogP contribution is 2.31. The highest BCUT2D eigenvalue weighted by atomic mass is 19.4. The van der Waals surface area contributed by atoms with E-state index in [0.717, 1.165) is 6.20 Å². The number of hydrogen-bond donors (Lipinski definition) is 1. The van der Waals surface area contributed by atoms with Gasteiger partial charge in [-0.25, -0.2) is 14.8 Å². The van der Waals surface area contributed by atoms with Gasteiger partial charge in [-0.1, -0.05) is 0 Å². The summed E-state index contributed by atoms with van der Waals surface area (Å²) in [6.07, 6.45) is -2.42. The van der Waals surface area contributed by atoms with Gasteiger partial charge in [0.05, 0.1) is 12.3 Å². The lowest BCUT2D eigenvalue weighted by molar-refractivity contribution is -0.141. The van der Waals surface area contributed by atoms with Gasteiger partial charge < -0.3 is 9.72 Å². The molecule has 5 nitrogen and oxygen atoms in total. The minimum atomic E-state index is -4.77. The van der Waals surface area contributed by atoms with Gasteiger partial charge in [0.15, 0.2) is 11.5 Å². The van der Waals surface area contributed by atoms with Gasteiger partial charge in [-0.3, -0.25) is 0 Å². The van der Waals surface area contributed by atoms with E-state index in [4.69, 9.17) is 0 Å². The van der Waals surface area contributed by atoms with Crippen molar-refractivity contribution >= 4 is 5.97 Å². The standard InChI is InChI=1S/C12H10F3N3O2/c1-2-20-11(19)7-6-17-10(8-4-3-5-16-8)18-9(7)12(13,14)15/h3-6,16H,2H2,1H3. The molecule has 2 aromatic heterocycles. The van der Waals surface area contributed by atoms with Crippen molar-refractivity contribution in [1.29, 1.82) is 0 Å². The Morgan fingerprint density at radius 1 is 1.45 bits per heavy atom. The van der Waals surface area contributed by atoms with Crippen LogP contribution in [-0.2, 0) is 10.9 Å². The second-order valence-electron chi connectivity index (χ2n) is 3.76. The quantitative estimate of drug-likeness (QED) is 0.880. The summed E-state index contributed by atoms with van der Waals surface area (Å²) in [5.74, 6) is -1.24. The first-order valence-corrected chi connectivity index (χ1v) is 5.68. The fourth-order valence-corrected chi connectivity index (χ4v) is 1.56. The summed E-state index contributed by atoms with van der Waals surface area (Å²) in [6, 6.07) is 3.13. The lowest BCUT2D eigenvalue weighted by atomic mass is 10.2. The third-order valence-corrected chi connectivity index (χ3v) is 2.39. The van der Waals surface area contributed by atoms with Crippen LogP contribution in [-0.4, -0.2) is 27.5 Å². The zero-order valence-electron chi connectivity index (χ0n) is 10.4. The molecule has 2 heterocycles. The molecule has 106 valence electrons. The van der Waals surface area contributed by atoms with E-state index in [-0.39, 0.29) is 12.4 Å². The van der Waals surface area contributed by atoms with Crippen LogP contribution in [0.3, 0.4) is 0 Å². The maximum absolute atomic E-state index is 13.0. The molecule has 0 aliphatic rings. The topological polar surface area (TPSA) is 67.9 Å². The van der Waals surface area contributed by atoms with Crippen molar-refractivity contribution in [2.24, 2.45) is 0 Å². The highest BCUT2D eigenvalue weighted by Gasteiger charge is 2.38. The van der Waals surface area contributed by atoms with E-state index in [1.54, 1.807) is 6.07 Å². The number of aromatic amines is 1. The van der Waals surface area contributed by atoms with Crippen LogP contribution in [0.25, 0.3) is 11.5 Å². The fraction of sp³-hybridized carbons (Fsp3) is 0.250. The van der Waals surface area contributed by atoms with Crippen molar-refractivity contribution in [2.45, 2.75) is 13.1 Å². The van der Waals surface area contributed by atoms with E-state index in [1.807, 2.05) is 0 Å². The average Bonchev–Trinajstić information content (AvgIpc) is 2.91. The molecule has 0 unspecified atom stereocenters. The SMILES string of the molecule is CCOC(=O)c1cnc(-c2ccc[nH]2)nc1C(F)(F)F. The second kappa shape index (κ2) is 5.32. The van der Waals surface area contributed by atoms with Crippen molar-refractivity contribution in [1.82, 2.24) is 15.0 Å². The summed E-state index contributed by atoms with van der Waals surface area (Å²) in [5.41, 5.74) is -1.68. The number of nitrogens with one attached hydrogen (secondary N) is 1. The van der Waals surface area contributed by atoms with Crippen LogP contribution in [0.4, 0.5) is 13.2 Å². The van der Waals surface area contributed by atoms with Crippen LogP contribution in [0.1, 0.15) is 23.0 Å². The molecule has 0 radical (unpaired) electrons. The lowest BCUT2D eigenvalue weighted by Crippen LogP contribution is -2.18. The van der Waals surface area contributed by atoms with Crippen molar-refractivity contribution in [3.05, 3.63) is 35.8 Å². The molecule has 8 heteroatoms. The molecule has 2 rings (SSSR count). The van der Waals surface area contributed by atoms with Gasteiger partial charge in [-0.2, -0.15) is 13.2 Å². The number of rotatable bonds is 3. The van der Waals surface area contributed by atoms with Gasteiger partial charge in [0, 0.05) is 12.4 Å². The highest BCUT2D eigenvalue weighted by molar-refractivity contribution is 5.90. The number of H-pyrrole nitrogens is 1. The Morgan fingerprint density at radius 2 is 2.20 bits per heavy atom. The third kappa shape index (κ3) is 2.79. The Kier molecular flexibility index (Phi) is 3.73. The molecule has 0 aliphatic carbocycles. The molecule has 20 heavy (non-hydrogen) atoms. The maximum Gasteiger partial charge on any atom is 0.434 e. The first-order chi connectivity index (χ1) is 9.43. The van der Waals surface area contributed by atoms with E-state index < -0.39 is 23.4 Å². The van der Waals surface area contributed by atoms with Crippen molar-refractivity contribution in [3.8, 4) is 11.5 Å². The monoisotopic (exact) mass is 285 g/mol. The zero-order valence-corrected chi connectivity index (χ0v) is 10.4. The van der Waals surface area contributed by atoms with E-state index in [0.29, 0.717) is 5.69 Å². The number of carbonyl (C=O) groups is 1. The summed E-state index contributed by atoms with van der Waals surface area (Å²) >= 11 is 0. The third-order valence-electron chi connectivity index (χ3n) is 2.39. The molecule has 0 aromatic carbocycles. The molecule has 0 amide bonds. The van der Waals surface area contributed by atoms with Crippen LogP contribution in [0, 0.1) is 0 Å².